The summed E-state index contributed by atoms with van der Waals surface area (Å²) >= 11 is 5.96. The average molecular weight is 212 g/mol. The van der Waals surface area contributed by atoms with Crippen LogP contribution in [0.3, 0.4) is 0 Å². The number of rotatable bonds is 3. The highest BCUT2D eigenvalue weighted by molar-refractivity contribution is 6.32. The van der Waals surface area contributed by atoms with Gasteiger partial charge >= 0.3 is 0 Å². The molecule has 0 radical (unpaired) electrons. The highest BCUT2D eigenvalue weighted by Crippen LogP contribution is 2.23. The molecule has 0 bridgehead atoms. The van der Waals surface area contributed by atoms with Gasteiger partial charge in [-0.15, -0.1) is 0 Å². The zero-order valence-electron chi connectivity index (χ0n) is 8.00. The van der Waals surface area contributed by atoms with Crippen LogP contribution in [0.15, 0.2) is 24.3 Å². The summed E-state index contributed by atoms with van der Waals surface area (Å²) < 4.78 is 5.63. The van der Waals surface area contributed by atoms with Crippen LogP contribution in [0.1, 0.15) is 12.8 Å². The topological polar surface area (TPSA) is 21.3 Å². The van der Waals surface area contributed by atoms with Crippen LogP contribution in [-0.4, -0.2) is 19.2 Å². The summed E-state index contributed by atoms with van der Waals surface area (Å²) in [4.78, 5) is 0. The fourth-order valence-electron chi connectivity index (χ4n) is 1.65. The SMILES string of the molecule is Clc1ccccc1OC[C@@H]1CCCN1. The zero-order chi connectivity index (χ0) is 9.80. The Labute approximate surface area is 89.2 Å². The van der Waals surface area contributed by atoms with Crippen LogP contribution in [0.5, 0.6) is 5.75 Å². The molecule has 3 heteroatoms. The fraction of sp³-hybridized carbons (Fsp3) is 0.455. The average Bonchev–Trinajstić information content (AvgIpc) is 2.69. The van der Waals surface area contributed by atoms with E-state index in [2.05, 4.69) is 5.32 Å². The minimum atomic E-state index is 0.492. The first-order chi connectivity index (χ1) is 6.86. The molecule has 0 aromatic heterocycles. The highest BCUT2D eigenvalue weighted by atomic mass is 35.5. The molecule has 2 nitrogen and oxygen atoms in total. The second kappa shape index (κ2) is 4.67. The third kappa shape index (κ3) is 2.40. The van der Waals surface area contributed by atoms with Crippen LogP contribution in [0, 0.1) is 0 Å². The quantitative estimate of drug-likeness (QED) is 0.830. The van der Waals surface area contributed by atoms with E-state index in [1.807, 2.05) is 24.3 Å². The van der Waals surface area contributed by atoms with Crippen LogP contribution >= 0.6 is 11.6 Å². The Hall–Kier alpha value is -0.730. The summed E-state index contributed by atoms with van der Waals surface area (Å²) in [5, 5.41) is 4.06. The van der Waals surface area contributed by atoms with E-state index < -0.39 is 0 Å². The van der Waals surface area contributed by atoms with Gasteiger partial charge in [0.05, 0.1) is 5.02 Å². The molecule has 1 heterocycles. The van der Waals surface area contributed by atoms with Crippen LogP contribution < -0.4 is 10.1 Å². The van der Waals surface area contributed by atoms with Gasteiger partial charge in [0.15, 0.2) is 0 Å². The Morgan fingerprint density at radius 2 is 2.29 bits per heavy atom. The Bertz CT molecular complexity index is 297. The summed E-state index contributed by atoms with van der Waals surface area (Å²) in [7, 11) is 0. The molecule has 1 aliphatic rings. The van der Waals surface area contributed by atoms with Crippen LogP contribution in [-0.2, 0) is 0 Å². The molecule has 0 spiro atoms. The van der Waals surface area contributed by atoms with E-state index >= 15 is 0 Å². The van der Waals surface area contributed by atoms with E-state index in [4.69, 9.17) is 16.3 Å². The van der Waals surface area contributed by atoms with E-state index in [1.165, 1.54) is 12.8 Å². The molecular weight excluding hydrogens is 198 g/mol. The second-order valence-electron chi connectivity index (χ2n) is 3.53. The minimum Gasteiger partial charge on any atom is -0.490 e. The van der Waals surface area contributed by atoms with E-state index in [0.29, 0.717) is 17.7 Å². The van der Waals surface area contributed by atoms with Crippen molar-refractivity contribution in [3.63, 3.8) is 0 Å². The molecule has 1 aliphatic heterocycles. The first-order valence-corrected chi connectivity index (χ1v) is 5.35. The molecule has 1 aromatic rings. The lowest BCUT2D eigenvalue weighted by Gasteiger charge is -2.12. The van der Waals surface area contributed by atoms with E-state index in [0.717, 1.165) is 12.3 Å². The maximum Gasteiger partial charge on any atom is 0.137 e. The summed E-state index contributed by atoms with van der Waals surface area (Å²) in [6.45, 7) is 1.82. The Morgan fingerprint density at radius 1 is 1.43 bits per heavy atom. The first kappa shape index (κ1) is 9.81. The molecule has 0 aliphatic carbocycles. The Kier molecular flexibility index (Phi) is 3.27. The number of halogens is 1. The number of benzene rings is 1. The fourth-order valence-corrected chi connectivity index (χ4v) is 1.84. The van der Waals surface area contributed by atoms with Crippen molar-refractivity contribution < 1.29 is 4.74 Å². The summed E-state index contributed by atoms with van der Waals surface area (Å²) in [5.41, 5.74) is 0. The summed E-state index contributed by atoms with van der Waals surface area (Å²) in [6, 6.07) is 8.08. The molecule has 0 saturated carbocycles. The molecular formula is C11H14ClNO. The normalized spacial score (nSPS) is 21.1. The van der Waals surface area contributed by atoms with Gasteiger partial charge in [-0.3, -0.25) is 0 Å². The van der Waals surface area contributed by atoms with Crippen molar-refractivity contribution >= 4 is 11.6 Å². The van der Waals surface area contributed by atoms with E-state index in [-0.39, 0.29) is 0 Å². The van der Waals surface area contributed by atoms with Crippen molar-refractivity contribution in [1.82, 2.24) is 5.32 Å². The van der Waals surface area contributed by atoms with Gasteiger partial charge in [0.1, 0.15) is 12.4 Å². The van der Waals surface area contributed by atoms with Gasteiger partial charge in [-0.25, -0.2) is 0 Å². The predicted octanol–water partition coefficient (Wildman–Crippen LogP) is 2.47. The van der Waals surface area contributed by atoms with Crippen molar-refractivity contribution in [1.29, 1.82) is 0 Å². The van der Waals surface area contributed by atoms with Crippen molar-refractivity contribution in [2.75, 3.05) is 13.2 Å². The molecule has 1 N–H and O–H groups in total. The third-order valence-electron chi connectivity index (χ3n) is 2.44. The summed E-state index contributed by atoms with van der Waals surface area (Å²) in [6.07, 6.45) is 2.45. The largest absolute Gasteiger partial charge is 0.490 e. The van der Waals surface area contributed by atoms with E-state index in [1.54, 1.807) is 0 Å². The van der Waals surface area contributed by atoms with Gasteiger partial charge in [-0.05, 0) is 31.5 Å². The number of ether oxygens (including phenoxy) is 1. The lowest BCUT2D eigenvalue weighted by atomic mass is 10.2. The lowest BCUT2D eigenvalue weighted by Crippen LogP contribution is -2.28. The molecule has 0 unspecified atom stereocenters. The maximum absolute atomic E-state index is 5.96. The summed E-state index contributed by atoms with van der Waals surface area (Å²) in [5.74, 6) is 0.780. The van der Waals surface area contributed by atoms with Gasteiger partial charge in [0, 0.05) is 6.04 Å². The van der Waals surface area contributed by atoms with Crippen molar-refractivity contribution in [3.05, 3.63) is 29.3 Å². The minimum absolute atomic E-state index is 0.492. The molecule has 76 valence electrons. The van der Waals surface area contributed by atoms with Gasteiger partial charge in [0.25, 0.3) is 0 Å². The van der Waals surface area contributed by atoms with Crippen molar-refractivity contribution in [2.45, 2.75) is 18.9 Å². The third-order valence-corrected chi connectivity index (χ3v) is 2.75. The van der Waals surface area contributed by atoms with Gasteiger partial charge < -0.3 is 10.1 Å². The number of hydrogen-bond acceptors (Lipinski definition) is 2. The molecule has 0 amide bonds. The number of nitrogens with one attached hydrogen (secondary N) is 1. The predicted molar refractivity (Wildman–Crippen MR) is 58.0 cm³/mol. The zero-order valence-corrected chi connectivity index (χ0v) is 8.76. The van der Waals surface area contributed by atoms with Crippen molar-refractivity contribution in [3.8, 4) is 5.75 Å². The van der Waals surface area contributed by atoms with E-state index in [9.17, 15) is 0 Å². The number of para-hydroxylation sites is 1. The van der Waals surface area contributed by atoms with Gasteiger partial charge in [-0.2, -0.15) is 0 Å². The Balaban J connectivity index is 1.88. The molecule has 14 heavy (non-hydrogen) atoms. The molecule has 2 rings (SSSR count). The first-order valence-electron chi connectivity index (χ1n) is 4.97. The lowest BCUT2D eigenvalue weighted by molar-refractivity contribution is 0.277. The standard InChI is InChI=1S/C11H14ClNO/c12-10-5-1-2-6-11(10)14-8-9-4-3-7-13-9/h1-2,5-6,9,13H,3-4,7-8H2/t9-/m0/s1. The molecule has 1 fully saturated rings. The van der Waals surface area contributed by atoms with Crippen LogP contribution in [0.4, 0.5) is 0 Å². The molecule has 1 atom stereocenters. The van der Waals surface area contributed by atoms with Gasteiger partial charge in [-0.1, -0.05) is 23.7 Å². The smallest absolute Gasteiger partial charge is 0.137 e. The van der Waals surface area contributed by atoms with Crippen LogP contribution in [0.25, 0.3) is 0 Å². The number of hydrogen-bond donors (Lipinski definition) is 1. The van der Waals surface area contributed by atoms with Crippen molar-refractivity contribution in [2.24, 2.45) is 0 Å². The molecule has 1 aromatic carbocycles. The molecule has 1 saturated heterocycles. The monoisotopic (exact) mass is 211 g/mol. The van der Waals surface area contributed by atoms with Gasteiger partial charge in [0.2, 0.25) is 0 Å². The highest BCUT2D eigenvalue weighted by Gasteiger charge is 2.14. The van der Waals surface area contributed by atoms with Crippen LogP contribution in [0.2, 0.25) is 5.02 Å². The Morgan fingerprint density at radius 3 is 3.00 bits per heavy atom. The second-order valence-corrected chi connectivity index (χ2v) is 3.94. The maximum atomic E-state index is 5.96.